The minimum Gasteiger partial charge on any atom is -0.393 e. The average Bonchev–Trinajstić information content (AvgIpc) is 2.49. The van der Waals surface area contributed by atoms with Crippen molar-refractivity contribution in [2.24, 2.45) is 11.8 Å². The Morgan fingerprint density at radius 2 is 2.17 bits per heavy atom. The lowest BCUT2D eigenvalue weighted by Crippen LogP contribution is -2.43. The third-order valence-corrected chi connectivity index (χ3v) is 3.60. The number of fused-ring (bicyclic) bond motifs is 1. The smallest absolute Gasteiger partial charge is 0.0555 e. The van der Waals surface area contributed by atoms with Gasteiger partial charge in [-0.15, -0.1) is 0 Å². The molecule has 1 saturated heterocycles. The number of nitrogens with one attached hydrogen (secondary N) is 1. The van der Waals surface area contributed by atoms with Crippen molar-refractivity contribution in [3.05, 3.63) is 0 Å². The van der Waals surface area contributed by atoms with E-state index in [4.69, 9.17) is 0 Å². The maximum absolute atomic E-state index is 9.58. The van der Waals surface area contributed by atoms with Crippen LogP contribution >= 0.6 is 0 Å². The molecule has 0 spiro atoms. The van der Waals surface area contributed by atoms with Crippen molar-refractivity contribution in [2.45, 2.75) is 44.8 Å². The summed E-state index contributed by atoms with van der Waals surface area (Å²) in [6.07, 6.45) is 5.11. The monoisotopic (exact) mass is 169 g/mol. The molecule has 2 heteroatoms. The molecule has 0 aromatic carbocycles. The lowest BCUT2D eigenvalue weighted by atomic mass is 9.75. The molecule has 2 rings (SSSR count). The van der Waals surface area contributed by atoms with Gasteiger partial charge in [0.25, 0.3) is 0 Å². The van der Waals surface area contributed by atoms with E-state index in [9.17, 15) is 5.11 Å². The van der Waals surface area contributed by atoms with Gasteiger partial charge in [0.05, 0.1) is 6.10 Å². The SMILES string of the molecule is CC(O)C1CCCC2CCNC21. The highest BCUT2D eigenvalue weighted by Gasteiger charge is 2.38. The van der Waals surface area contributed by atoms with Crippen molar-refractivity contribution >= 4 is 0 Å². The lowest BCUT2D eigenvalue weighted by molar-refractivity contribution is 0.0673. The zero-order chi connectivity index (χ0) is 8.55. The van der Waals surface area contributed by atoms with Crippen LogP contribution in [0.1, 0.15) is 32.6 Å². The maximum Gasteiger partial charge on any atom is 0.0555 e. The summed E-state index contributed by atoms with van der Waals surface area (Å²) in [6, 6.07) is 0.624. The zero-order valence-electron chi connectivity index (χ0n) is 7.79. The molecule has 0 radical (unpaired) electrons. The van der Waals surface area contributed by atoms with Gasteiger partial charge in [0, 0.05) is 12.0 Å². The van der Waals surface area contributed by atoms with Crippen LogP contribution in [0.15, 0.2) is 0 Å². The first-order chi connectivity index (χ1) is 5.79. The summed E-state index contributed by atoms with van der Waals surface area (Å²) in [5.74, 6) is 1.38. The van der Waals surface area contributed by atoms with Crippen molar-refractivity contribution in [2.75, 3.05) is 6.54 Å². The van der Waals surface area contributed by atoms with Crippen LogP contribution in [0.2, 0.25) is 0 Å². The van der Waals surface area contributed by atoms with Gasteiger partial charge in [-0.3, -0.25) is 0 Å². The van der Waals surface area contributed by atoms with Gasteiger partial charge in [-0.1, -0.05) is 6.42 Å². The van der Waals surface area contributed by atoms with Crippen molar-refractivity contribution in [3.63, 3.8) is 0 Å². The molecule has 0 aromatic heterocycles. The van der Waals surface area contributed by atoms with Gasteiger partial charge in [0.1, 0.15) is 0 Å². The van der Waals surface area contributed by atoms with Crippen LogP contribution in [0.5, 0.6) is 0 Å². The van der Waals surface area contributed by atoms with E-state index in [2.05, 4.69) is 5.32 Å². The van der Waals surface area contributed by atoms with Gasteiger partial charge in [-0.2, -0.15) is 0 Å². The fraction of sp³-hybridized carbons (Fsp3) is 1.00. The average molecular weight is 169 g/mol. The van der Waals surface area contributed by atoms with Crippen LogP contribution in [-0.2, 0) is 0 Å². The Kier molecular flexibility index (Phi) is 2.37. The standard InChI is InChI=1S/C10H19NO/c1-7(12)9-4-2-3-8-5-6-11-10(8)9/h7-12H,2-6H2,1H3. The predicted octanol–water partition coefficient (Wildman–Crippen LogP) is 1.15. The summed E-state index contributed by atoms with van der Waals surface area (Å²) < 4.78 is 0. The normalized spacial score (nSPS) is 44.0. The van der Waals surface area contributed by atoms with Crippen LogP contribution in [0.4, 0.5) is 0 Å². The minimum absolute atomic E-state index is 0.122. The fourth-order valence-corrected chi connectivity index (χ4v) is 2.94. The largest absolute Gasteiger partial charge is 0.393 e. The number of aliphatic hydroxyl groups is 1. The fourth-order valence-electron chi connectivity index (χ4n) is 2.94. The molecule has 70 valence electrons. The quantitative estimate of drug-likeness (QED) is 0.617. The molecule has 2 N–H and O–H groups in total. The van der Waals surface area contributed by atoms with Crippen LogP contribution in [0.3, 0.4) is 0 Å². The highest BCUT2D eigenvalue weighted by Crippen LogP contribution is 2.36. The first kappa shape index (κ1) is 8.52. The van der Waals surface area contributed by atoms with E-state index >= 15 is 0 Å². The Morgan fingerprint density at radius 1 is 1.33 bits per heavy atom. The van der Waals surface area contributed by atoms with Crippen LogP contribution in [-0.4, -0.2) is 23.8 Å². The molecular weight excluding hydrogens is 150 g/mol. The summed E-state index contributed by atoms with van der Waals surface area (Å²) in [6.45, 7) is 3.10. The number of rotatable bonds is 1. The van der Waals surface area contributed by atoms with E-state index < -0.39 is 0 Å². The van der Waals surface area contributed by atoms with E-state index in [1.807, 2.05) is 6.92 Å². The molecule has 4 atom stereocenters. The second-order valence-corrected chi connectivity index (χ2v) is 4.36. The molecule has 2 aliphatic rings. The molecule has 0 bridgehead atoms. The van der Waals surface area contributed by atoms with Crippen molar-refractivity contribution in [1.82, 2.24) is 5.32 Å². The second kappa shape index (κ2) is 3.35. The zero-order valence-corrected chi connectivity index (χ0v) is 7.79. The molecule has 4 unspecified atom stereocenters. The number of hydrogen-bond donors (Lipinski definition) is 2. The van der Waals surface area contributed by atoms with Gasteiger partial charge >= 0.3 is 0 Å². The Bertz CT molecular complexity index is 158. The molecule has 0 amide bonds. The molecule has 2 fully saturated rings. The lowest BCUT2D eigenvalue weighted by Gasteiger charge is -2.35. The predicted molar refractivity (Wildman–Crippen MR) is 48.9 cm³/mol. The van der Waals surface area contributed by atoms with E-state index in [1.165, 1.54) is 32.2 Å². The summed E-state index contributed by atoms with van der Waals surface area (Å²) in [4.78, 5) is 0. The van der Waals surface area contributed by atoms with E-state index in [0.29, 0.717) is 12.0 Å². The molecule has 1 heterocycles. The summed E-state index contributed by atoms with van der Waals surface area (Å²) >= 11 is 0. The topological polar surface area (TPSA) is 32.3 Å². The van der Waals surface area contributed by atoms with Crippen LogP contribution < -0.4 is 5.32 Å². The minimum atomic E-state index is -0.122. The molecule has 12 heavy (non-hydrogen) atoms. The summed E-state index contributed by atoms with van der Waals surface area (Å²) in [5, 5.41) is 13.1. The Labute approximate surface area is 74.4 Å². The van der Waals surface area contributed by atoms with E-state index in [1.54, 1.807) is 0 Å². The van der Waals surface area contributed by atoms with Crippen molar-refractivity contribution in [3.8, 4) is 0 Å². The van der Waals surface area contributed by atoms with Crippen LogP contribution in [0.25, 0.3) is 0 Å². The van der Waals surface area contributed by atoms with Gasteiger partial charge in [-0.25, -0.2) is 0 Å². The van der Waals surface area contributed by atoms with E-state index in [0.717, 1.165) is 5.92 Å². The highest BCUT2D eigenvalue weighted by molar-refractivity contribution is 4.93. The Balaban J connectivity index is 2.03. The number of aliphatic hydroxyl groups excluding tert-OH is 1. The molecule has 2 nitrogen and oxygen atoms in total. The number of hydrogen-bond acceptors (Lipinski definition) is 2. The third-order valence-electron chi connectivity index (χ3n) is 3.60. The summed E-state index contributed by atoms with van der Waals surface area (Å²) in [5.41, 5.74) is 0. The Hall–Kier alpha value is -0.0800. The molecule has 1 aliphatic heterocycles. The molecule has 1 aliphatic carbocycles. The third kappa shape index (κ3) is 1.38. The first-order valence-corrected chi connectivity index (χ1v) is 5.20. The second-order valence-electron chi connectivity index (χ2n) is 4.36. The van der Waals surface area contributed by atoms with Gasteiger partial charge < -0.3 is 10.4 Å². The van der Waals surface area contributed by atoms with E-state index in [-0.39, 0.29) is 6.10 Å². The summed E-state index contributed by atoms with van der Waals surface area (Å²) in [7, 11) is 0. The van der Waals surface area contributed by atoms with Gasteiger partial charge in [-0.05, 0) is 38.6 Å². The molecular formula is C10H19NO. The molecule has 1 saturated carbocycles. The van der Waals surface area contributed by atoms with Gasteiger partial charge in [0.2, 0.25) is 0 Å². The maximum atomic E-state index is 9.58. The Morgan fingerprint density at radius 3 is 2.92 bits per heavy atom. The first-order valence-electron chi connectivity index (χ1n) is 5.20. The molecule has 0 aromatic rings. The van der Waals surface area contributed by atoms with Crippen LogP contribution in [0, 0.1) is 11.8 Å². The van der Waals surface area contributed by atoms with Crippen molar-refractivity contribution < 1.29 is 5.11 Å². The van der Waals surface area contributed by atoms with Gasteiger partial charge in [0.15, 0.2) is 0 Å². The highest BCUT2D eigenvalue weighted by atomic mass is 16.3. The van der Waals surface area contributed by atoms with Crippen molar-refractivity contribution in [1.29, 1.82) is 0 Å².